The van der Waals surface area contributed by atoms with E-state index < -0.39 is 0 Å². The van der Waals surface area contributed by atoms with Gasteiger partial charge in [0.25, 0.3) is 0 Å². The van der Waals surface area contributed by atoms with Crippen LogP contribution in [0.5, 0.6) is 5.75 Å². The van der Waals surface area contributed by atoms with Gasteiger partial charge in [-0.2, -0.15) is 0 Å². The molecule has 0 saturated heterocycles. The third kappa shape index (κ3) is 4.06. The maximum absolute atomic E-state index is 5.85. The van der Waals surface area contributed by atoms with E-state index in [-0.39, 0.29) is 0 Å². The first kappa shape index (κ1) is 15.5. The van der Waals surface area contributed by atoms with Crippen LogP contribution in [0.25, 0.3) is 11.1 Å². The van der Waals surface area contributed by atoms with Crippen molar-refractivity contribution in [2.45, 2.75) is 13.5 Å². The summed E-state index contributed by atoms with van der Waals surface area (Å²) in [6.07, 6.45) is 0. The maximum atomic E-state index is 5.85. The molecule has 0 amide bonds. The molecule has 0 aliphatic heterocycles. The van der Waals surface area contributed by atoms with Crippen LogP contribution in [-0.4, -0.2) is 27.4 Å². The molecule has 112 valence electrons. The number of benzene rings is 2. The summed E-state index contributed by atoms with van der Waals surface area (Å²) in [5, 5.41) is 3.19. The number of rotatable bonds is 7. The molecule has 3 nitrogen and oxygen atoms in total. The largest absolute Gasteiger partial charge is 0.491 e. The summed E-state index contributed by atoms with van der Waals surface area (Å²) in [5.74, 6) is 0.902. The highest BCUT2D eigenvalue weighted by molar-refractivity contribution is 5.73. The molecule has 0 bridgehead atoms. The highest BCUT2D eigenvalue weighted by atomic mass is 16.5. The van der Waals surface area contributed by atoms with E-state index in [0.717, 1.165) is 17.9 Å². The number of para-hydroxylation sites is 1. The van der Waals surface area contributed by atoms with E-state index in [0.29, 0.717) is 13.2 Å². The van der Waals surface area contributed by atoms with Crippen molar-refractivity contribution >= 4 is 0 Å². The number of hydrogen-bond acceptors (Lipinski definition) is 3. The molecule has 0 aromatic heterocycles. The molecule has 1 N–H and O–H groups in total. The summed E-state index contributed by atoms with van der Waals surface area (Å²) in [4.78, 5) is 0. The lowest BCUT2D eigenvalue weighted by atomic mass is 9.97. The van der Waals surface area contributed by atoms with Crippen LogP contribution in [0.15, 0.2) is 42.5 Å². The minimum atomic E-state index is 0.558. The molecule has 0 saturated carbocycles. The molecule has 0 radical (unpaired) electrons. The van der Waals surface area contributed by atoms with E-state index in [1.54, 1.807) is 7.11 Å². The van der Waals surface area contributed by atoms with Gasteiger partial charge in [0.2, 0.25) is 0 Å². The molecule has 2 rings (SSSR count). The van der Waals surface area contributed by atoms with Crippen molar-refractivity contribution in [2.75, 3.05) is 27.4 Å². The maximum Gasteiger partial charge on any atom is 0.127 e. The Hall–Kier alpha value is -1.84. The van der Waals surface area contributed by atoms with Crippen LogP contribution in [-0.2, 0) is 11.3 Å². The van der Waals surface area contributed by atoms with E-state index in [9.17, 15) is 0 Å². The quantitative estimate of drug-likeness (QED) is 0.791. The summed E-state index contributed by atoms with van der Waals surface area (Å²) in [5.41, 5.74) is 4.86. The number of hydrogen-bond donors (Lipinski definition) is 1. The zero-order valence-electron chi connectivity index (χ0n) is 13.0. The van der Waals surface area contributed by atoms with Crippen molar-refractivity contribution < 1.29 is 9.47 Å². The van der Waals surface area contributed by atoms with Gasteiger partial charge in [0.1, 0.15) is 12.4 Å². The van der Waals surface area contributed by atoms with Gasteiger partial charge in [-0.1, -0.05) is 30.3 Å². The Kier molecular flexibility index (Phi) is 5.78. The lowest BCUT2D eigenvalue weighted by molar-refractivity contribution is 0.146. The monoisotopic (exact) mass is 285 g/mol. The van der Waals surface area contributed by atoms with Gasteiger partial charge >= 0.3 is 0 Å². The normalized spacial score (nSPS) is 10.6. The SMILES string of the molecule is CNCc1ccc(C)c(-c2ccccc2OCCOC)c1. The molecule has 0 aliphatic rings. The fraction of sp³-hybridized carbons (Fsp3) is 0.333. The van der Waals surface area contributed by atoms with Crippen LogP contribution in [0, 0.1) is 6.92 Å². The Morgan fingerprint density at radius 1 is 1.00 bits per heavy atom. The number of methoxy groups -OCH3 is 1. The van der Waals surface area contributed by atoms with E-state index in [4.69, 9.17) is 9.47 Å². The fourth-order valence-corrected chi connectivity index (χ4v) is 2.32. The van der Waals surface area contributed by atoms with Crippen molar-refractivity contribution in [1.29, 1.82) is 0 Å². The van der Waals surface area contributed by atoms with Crippen molar-refractivity contribution in [2.24, 2.45) is 0 Å². The summed E-state index contributed by atoms with van der Waals surface area (Å²) >= 11 is 0. The average Bonchev–Trinajstić information content (AvgIpc) is 2.50. The van der Waals surface area contributed by atoms with Crippen LogP contribution < -0.4 is 10.1 Å². The average molecular weight is 285 g/mol. The van der Waals surface area contributed by atoms with Gasteiger partial charge < -0.3 is 14.8 Å². The Morgan fingerprint density at radius 3 is 2.57 bits per heavy atom. The van der Waals surface area contributed by atoms with Gasteiger partial charge in [-0.05, 0) is 42.8 Å². The molecule has 2 aromatic carbocycles. The zero-order chi connectivity index (χ0) is 15.1. The molecule has 0 spiro atoms. The third-order valence-electron chi connectivity index (χ3n) is 3.41. The van der Waals surface area contributed by atoms with Crippen molar-refractivity contribution in [3.8, 4) is 16.9 Å². The minimum absolute atomic E-state index is 0.558. The second-order valence-electron chi connectivity index (χ2n) is 5.02. The van der Waals surface area contributed by atoms with E-state index in [2.05, 4.69) is 36.5 Å². The predicted octanol–water partition coefficient (Wildman–Crippen LogP) is 3.41. The highest BCUT2D eigenvalue weighted by Gasteiger charge is 2.09. The molecule has 0 heterocycles. The molecule has 2 aromatic rings. The highest BCUT2D eigenvalue weighted by Crippen LogP contribution is 2.32. The Bertz CT molecular complexity index is 581. The van der Waals surface area contributed by atoms with Crippen molar-refractivity contribution in [3.05, 3.63) is 53.6 Å². The Balaban J connectivity index is 2.34. The van der Waals surface area contributed by atoms with Crippen LogP contribution in [0.3, 0.4) is 0 Å². The van der Waals surface area contributed by atoms with Crippen LogP contribution in [0.1, 0.15) is 11.1 Å². The smallest absolute Gasteiger partial charge is 0.127 e. The minimum Gasteiger partial charge on any atom is -0.491 e. The molecule has 3 heteroatoms. The van der Waals surface area contributed by atoms with Gasteiger partial charge in [-0.3, -0.25) is 0 Å². The van der Waals surface area contributed by atoms with Crippen LogP contribution >= 0.6 is 0 Å². The fourth-order valence-electron chi connectivity index (χ4n) is 2.32. The van der Waals surface area contributed by atoms with Crippen LogP contribution in [0.4, 0.5) is 0 Å². The first-order valence-corrected chi connectivity index (χ1v) is 7.21. The first-order chi connectivity index (χ1) is 10.3. The molecular weight excluding hydrogens is 262 g/mol. The van der Waals surface area contributed by atoms with E-state index in [1.807, 2.05) is 25.2 Å². The second kappa shape index (κ2) is 7.81. The molecule has 0 fully saturated rings. The lowest BCUT2D eigenvalue weighted by Gasteiger charge is -2.14. The van der Waals surface area contributed by atoms with Crippen LogP contribution in [0.2, 0.25) is 0 Å². The van der Waals surface area contributed by atoms with Gasteiger partial charge in [-0.25, -0.2) is 0 Å². The molecule has 0 aliphatic carbocycles. The first-order valence-electron chi connectivity index (χ1n) is 7.21. The van der Waals surface area contributed by atoms with Gasteiger partial charge in [0.15, 0.2) is 0 Å². The molecule has 21 heavy (non-hydrogen) atoms. The molecule has 0 unspecified atom stereocenters. The second-order valence-corrected chi connectivity index (χ2v) is 5.02. The zero-order valence-corrected chi connectivity index (χ0v) is 13.0. The van der Waals surface area contributed by atoms with Gasteiger partial charge in [0, 0.05) is 19.2 Å². The Labute approximate surface area is 126 Å². The lowest BCUT2D eigenvalue weighted by Crippen LogP contribution is -2.06. The van der Waals surface area contributed by atoms with Gasteiger partial charge in [-0.15, -0.1) is 0 Å². The van der Waals surface area contributed by atoms with Gasteiger partial charge in [0.05, 0.1) is 6.61 Å². The van der Waals surface area contributed by atoms with Crippen molar-refractivity contribution in [1.82, 2.24) is 5.32 Å². The van der Waals surface area contributed by atoms with Crippen molar-refractivity contribution in [3.63, 3.8) is 0 Å². The summed E-state index contributed by atoms with van der Waals surface area (Å²) in [6, 6.07) is 14.7. The van der Waals surface area contributed by atoms with E-state index in [1.165, 1.54) is 16.7 Å². The number of ether oxygens (including phenoxy) is 2. The summed E-state index contributed by atoms with van der Waals surface area (Å²) in [6.45, 7) is 4.14. The topological polar surface area (TPSA) is 30.5 Å². The summed E-state index contributed by atoms with van der Waals surface area (Å²) < 4.78 is 10.9. The predicted molar refractivity (Wildman–Crippen MR) is 86.7 cm³/mol. The van der Waals surface area contributed by atoms with E-state index >= 15 is 0 Å². The third-order valence-corrected chi connectivity index (χ3v) is 3.41. The molecule has 0 atom stereocenters. The standard InChI is InChI=1S/C18H23NO2/c1-14-8-9-15(13-19-2)12-17(14)16-6-4-5-7-18(16)21-11-10-20-3/h4-9,12,19H,10-11,13H2,1-3H3. The number of nitrogens with one attached hydrogen (secondary N) is 1. The summed E-state index contributed by atoms with van der Waals surface area (Å²) in [7, 11) is 3.64. The Morgan fingerprint density at radius 2 is 1.81 bits per heavy atom. The number of aryl methyl sites for hydroxylation is 1. The molecular formula is C18H23NO2.